The van der Waals surface area contributed by atoms with Crippen LogP contribution in [0.3, 0.4) is 0 Å². The molecule has 15 heteroatoms. The van der Waals surface area contributed by atoms with Gasteiger partial charge in [0, 0.05) is 10.6 Å². The molecule has 0 saturated heterocycles. The van der Waals surface area contributed by atoms with Crippen LogP contribution in [0.4, 0.5) is 24.8 Å². The Morgan fingerprint density at radius 2 is 1.85 bits per heavy atom. The Bertz CT molecular complexity index is 1520. The minimum atomic E-state index is -4.58. The van der Waals surface area contributed by atoms with Gasteiger partial charge in [-0.25, -0.2) is 10.1 Å². The molecule has 0 spiro atoms. The summed E-state index contributed by atoms with van der Waals surface area (Å²) in [5.74, 6) is 5.84. The predicted molar refractivity (Wildman–Crippen MR) is 149 cm³/mol. The zero-order valence-corrected chi connectivity index (χ0v) is 22.7. The highest BCUT2D eigenvalue weighted by atomic mass is 35.5. The van der Waals surface area contributed by atoms with E-state index in [9.17, 15) is 18.0 Å². The van der Waals surface area contributed by atoms with E-state index in [1.165, 1.54) is 6.21 Å². The van der Waals surface area contributed by atoms with Crippen LogP contribution < -0.4 is 21.3 Å². The van der Waals surface area contributed by atoms with E-state index < -0.39 is 17.6 Å². The molecule has 1 amide bonds. The Balaban J connectivity index is 1.32. The van der Waals surface area contributed by atoms with Crippen molar-refractivity contribution in [1.29, 1.82) is 0 Å². The quantitative estimate of drug-likeness (QED) is 0.0863. The minimum Gasteiger partial charge on any atom is -0.488 e. The summed E-state index contributed by atoms with van der Waals surface area (Å²) in [6.07, 6.45) is -3.06. The standard InChI is InChI=1S/C25H20Cl2F3N7O2S/c26-18-8-5-15(6-9-18)13-39-21-4-2-1-3-16(21)12-32-34-23-35-36-24(37(23)31)40-14-22(38)33-20-11-17(25(28,29)30)7-10-19(20)27/h1-12H,13-14,31H2,(H,33,38)(H,34,35)/b32-12+. The molecule has 0 saturated carbocycles. The summed E-state index contributed by atoms with van der Waals surface area (Å²) in [6, 6.07) is 17.2. The maximum Gasteiger partial charge on any atom is 0.416 e. The minimum absolute atomic E-state index is 0.0327. The van der Waals surface area contributed by atoms with Gasteiger partial charge in [-0.2, -0.15) is 18.3 Å². The number of nitrogens with two attached hydrogens (primary N) is 1. The number of aromatic nitrogens is 3. The number of anilines is 2. The van der Waals surface area contributed by atoms with Crippen molar-refractivity contribution in [3.05, 3.63) is 93.5 Å². The second kappa shape index (κ2) is 12.9. The van der Waals surface area contributed by atoms with Gasteiger partial charge in [0.25, 0.3) is 5.95 Å². The summed E-state index contributed by atoms with van der Waals surface area (Å²) in [4.78, 5) is 12.3. The molecule has 3 aromatic carbocycles. The number of ether oxygens (including phenoxy) is 1. The third-order valence-electron chi connectivity index (χ3n) is 5.16. The van der Waals surface area contributed by atoms with Crippen LogP contribution in [-0.4, -0.2) is 32.7 Å². The molecule has 0 unspecified atom stereocenters. The van der Waals surface area contributed by atoms with Crippen molar-refractivity contribution in [2.45, 2.75) is 17.9 Å². The van der Waals surface area contributed by atoms with Crippen molar-refractivity contribution in [2.75, 3.05) is 22.3 Å². The summed E-state index contributed by atoms with van der Waals surface area (Å²) in [5, 5.41) is 15.0. The number of alkyl halides is 3. The van der Waals surface area contributed by atoms with E-state index in [-0.39, 0.29) is 27.6 Å². The molecule has 0 radical (unpaired) electrons. The summed E-state index contributed by atoms with van der Waals surface area (Å²) < 4.78 is 45.8. The lowest BCUT2D eigenvalue weighted by Crippen LogP contribution is -2.17. The molecular formula is C25H20Cl2F3N7O2S. The number of para-hydroxylation sites is 1. The van der Waals surface area contributed by atoms with Gasteiger partial charge in [0.2, 0.25) is 11.1 Å². The molecule has 1 heterocycles. The van der Waals surface area contributed by atoms with E-state index in [1.807, 2.05) is 30.3 Å². The van der Waals surface area contributed by atoms with E-state index >= 15 is 0 Å². The molecule has 0 aliphatic carbocycles. The number of halogens is 5. The number of hydrogen-bond acceptors (Lipinski definition) is 8. The van der Waals surface area contributed by atoms with Crippen LogP contribution in [0.2, 0.25) is 10.0 Å². The van der Waals surface area contributed by atoms with Crippen molar-refractivity contribution in [2.24, 2.45) is 5.10 Å². The summed E-state index contributed by atoms with van der Waals surface area (Å²) in [5.41, 5.74) is 3.20. The van der Waals surface area contributed by atoms with Gasteiger partial charge < -0.3 is 15.9 Å². The molecule has 0 bridgehead atoms. The van der Waals surface area contributed by atoms with E-state index in [2.05, 4.69) is 26.0 Å². The number of benzene rings is 3. The normalized spacial score (nSPS) is 11.5. The highest BCUT2D eigenvalue weighted by Crippen LogP contribution is 2.34. The van der Waals surface area contributed by atoms with E-state index in [1.54, 1.807) is 18.2 Å². The van der Waals surface area contributed by atoms with Crippen molar-refractivity contribution in [3.63, 3.8) is 0 Å². The molecule has 4 rings (SSSR count). The van der Waals surface area contributed by atoms with Gasteiger partial charge in [0.1, 0.15) is 12.4 Å². The first-order chi connectivity index (χ1) is 19.1. The third-order valence-corrected chi connectivity index (χ3v) is 6.68. The van der Waals surface area contributed by atoms with Crippen LogP contribution in [-0.2, 0) is 17.6 Å². The van der Waals surface area contributed by atoms with Crippen LogP contribution >= 0.6 is 35.0 Å². The lowest BCUT2D eigenvalue weighted by molar-refractivity contribution is -0.137. The number of amides is 1. The highest BCUT2D eigenvalue weighted by Gasteiger charge is 2.31. The smallest absolute Gasteiger partial charge is 0.416 e. The number of nitrogens with one attached hydrogen (secondary N) is 2. The Labute approximate surface area is 240 Å². The number of carbonyl (C=O) groups is 1. The number of hydrogen-bond donors (Lipinski definition) is 3. The Kier molecular flexibility index (Phi) is 9.40. The molecule has 208 valence electrons. The molecule has 4 aromatic rings. The first-order valence-corrected chi connectivity index (χ1v) is 13.1. The largest absolute Gasteiger partial charge is 0.488 e. The molecule has 4 N–H and O–H groups in total. The second-order valence-electron chi connectivity index (χ2n) is 8.03. The summed E-state index contributed by atoms with van der Waals surface area (Å²) in [7, 11) is 0. The Morgan fingerprint density at radius 3 is 2.60 bits per heavy atom. The van der Waals surface area contributed by atoms with Crippen LogP contribution in [0.25, 0.3) is 0 Å². The number of nitrogen functional groups attached to an aromatic ring is 1. The highest BCUT2D eigenvalue weighted by molar-refractivity contribution is 7.99. The molecule has 0 aliphatic rings. The average molecular weight is 610 g/mol. The molecule has 0 aliphatic heterocycles. The molecule has 40 heavy (non-hydrogen) atoms. The van der Waals surface area contributed by atoms with Gasteiger partial charge in [-0.1, -0.05) is 59.2 Å². The van der Waals surface area contributed by atoms with Gasteiger partial charge in [-0.15, -0.1) is 10.2 Å². The molecule has 0 fully saturated rings. The average Bonchev–Trinajstić information content (AvgIpc) is 3.27. The van der Waals surface area contributed by atoms with Crippen LogP contribution in [0.15, 0.2) is 77.0 Å². The lowest BCUT2D eigenvalue weighted by Gasteiger charge is -2.11. The zero-order chi connectivity index (χ0) is 28.7. The van der Waals surface area contributed by atoms with Crippen molar-refractivity contribution >= 4 is 58.7 Å². The van der Waals surface area contributed by atoms with Crippen LogP contribution in [0.5, 0.6) is 5.75 Å². The summed E-state index contributed by atoms with van der Waals surface area (Å²) >= 11 is 12.8. The maximum absolute atomic E-state index is 13.0. The second-order valence-corrected chi connectivity index (χ2v) is 9.81. The maximum atomic E-state index is 13.0. The first-order valence-electron chi connectivity index (χ1n) is 11.4. The molecular weight excluding hydrogens is 590 g/mol. The van der Waals surface area contributed by atoms with Gasteiger partial charge in [-0.05, 0) is 48.0 Å². The van der Waals surface area contributed by atoms with Gasteiger partial charge in [-0.3, -0.25) is 4.79 Å². The monoisotopic (exact) mass is 609 g/mol. The van der Waals surface area contributed by atoms with E-state index in [0.29, 0.717) is 22.9 Å². The molecule has 1 aromatic heterocycles. The number of thioether (sulfide) groups is 1. The van der Waals surface area contributed by atoms with Gasteiger partial charge >= 0.3 is 6.18 Å². The van der Waals surface area contributed by atoms with Crippen LogP contribution in [0.1, 0.15) is 16.7 Å². The number of hydrazone groups is 1. The Morgan fingerprint density at radius 1 is 1.10 bits per heavy atom. The van der Waals surface area contributed by atoms with Crippen molar-refractivity contribution < 1.29 is 22.7 Å². The van der Waals surface area contributed by atoms with Gasteiger partial charge in [0.05, 0.1) is 28.2 Å². The fraction of sp³-hybridized carbons (Fsp3) is 0.120. The van der Waals surface area contributed by atoms with Gasteiger partial charge in [0.15, 0.2) is 0 Å². The fourth-order valence-electron chi connectivity index (χ4n) is 3.19. The van der Waals surface area contributed by atoms with Crippen molar-refractivity contribution in [3.8, 4) is 5.75 Å². The fourth-order valence-corrected chi connectivity index (χ4v) is 4.13. The number of carbonyl (C=O) groups excluding carboxylic acids is 1. The topological polar surface area (TPSA) is 119 Å². The predicted octanol–water partition coefficient (Wildman–Crippen LogP) is 6.07. The first kappa shape index (κ1) is 29.1. The third kappa shape index (κ3) is 7.81. The van der Waals surface area contributed by atoms with Crippen molar-refractivity contribution in [1.82, 2.24) is 14.9 Å². The number of nitrogens with zero attached hydrogens (tertiary/aromatic N) is 4. The zero-order valence-electron chi connectivity index (χ0n) is 20.3. The summed E-state index contributed by atoms with van der Waals surface area (Å²) in [6.45, 7) is 0.334. The lowest BCUT2D eigenvalue weighted by atomic mass is 10.2. The van der Waals surface area contributed by atoms with Crippen LogP contribution in [0, 0.1) is 0 Å². The number of rotatable bonds is 10. The van der Waals surface area contributed by atoms with E-state index in [4.69, 9.17) is 33.8 Å². The molecule has 0 atom stereocenters. The SMILES string of the molecule is Nn1c(N/N=C/c2ccccc2OCc2ccc(Cl)cc2)nnc1SCC(=O)Nc1cc(C(F)(F)F)ccc1Cl. The Hall–Kier alpha value is -3.94. The van der Waals surface area contributed by atoms with E-state index in [0.717, 1.165) is 40.2 Å². The molecule has 9 nitrogen and oxygen atoms in total.